The summed E-state index contributed by atoms with van der Waals surface area (Å²) in [5.74, 6) is -0.365. The number of aliphatic imine (C=N–C) groups is 1. The van der Waals surface area contributed by atoms with Gasteiger partial charge in [-0.15, -0.1) is 0 Å². The number of amides is 1. The first-order valence-electron chi connectivity index (χ1n) is 10.4. The van der Waals surface area contributed by atoms with Crippen molar-refractivity contribution in [3.63, 3.8) is 0 Å². The number of hydrazone groups is 1. The average Bonchev–Trinajstić information content (AvgIpc) is 3.27. The van der Waals surface area contributed by atoms with Crippen molar-refractivity contribution in [3.8, 4) is 5.69 Å². The van der Waals surface area contributed by atoms with E-state index in [2.05, 4.69) is 17.0 Å². The lowest BCUT2D eigenvalue weighted by Gasteiger charge is -2.20. The number of hydrogen-bond donors (Lipinski definition) is 1. The van der Waals surface area contributed by atoms with Crippen molar-refractivity contribution in [2.45, 2.75) is 46.5 Å². The lowest BCUT2D eigenvalue weighted by atomic mass is 10.1. The molecule has 166 valence electrons. The molecular weight excluding hydrogens is 465 g/mol. The molecule has 2 aliphatic rings. The predicted molar refractivity (Wildman–Crippen MR) is 134 cm³/mol. The number of hydrogen-bond acceptors (Lipinski definition) is 4. The Morgan fingerprint density at radius 3 is 2.66 bits per heavy atom. The number of rotatable bonds is 6. The normalized spacial score (nSPS) is 17.2. The van der Waals surface area contributed by atoms with Crippen LogP contribution in [0, 0.1) is 19.3 Å². The van der Waals surface area contributed by atoms with Gasteiger partial charge in [-0.3, -0.25) is 10.2 Å². The molecule has 0 atom stereocenters. The quantitative estimate of drug-likeness (QED) is 0.368. The van der Waals surface area contributed by atoms with Crippen LogP contribution in [0.2, 0.25) is 10.0 Å². The number of thioether (sulfide) groups is 1. The van der Waals surface area contributed by atoms with Crippen molar-refractivity contribution in [3.05, 3.63) is 56.8 Å². The second-order valence-corrected chi connectivity index (χ2v) is 9.59. The van der Waals surface area contributed by atoms with E-state index in [0.29, 0.717) is 15.2 Å². The van der Waals surface area contributed by atoms with Gasteiger partial charge in [-0.05, 0) is 74.4 Å². The summed E-state index contributed by atoms with van der Waals surface area (Å²) >= 11 is 13.7. The molecule has 0 bridgehead atoms. The molecule has 9 heteroatoms. The molecule has 0 radical (unpaired) electrons. The number of nitrogens with one attached hydrogen (secondary N) is 1. The van der Waals surface area contributed by atoms with Gasteiger partial charge in [-0.1, -0.05) is 43.0 Å². The number of amidine groups is 2. The molecular formula is C23H23Cl2N5OS. The second kappa shape index (κ2) is 9.25. The highest BCUT2D eigenvalue weighted by Crippen LogP contribution is 2.32. The fourth-order valence-electron chi connectivity index (χ4n) is 3.77. The van der Waals surface area contributed by atoms with Gasteiger partial charge >= 0.3 is 0 Å². The molecule has 0 saturated heterocycles. The van der Waals surface area contributed by atoms with E-state index in [4.69, 9.17) is 28.6 Å². The number of halogens is 2. The zero-order valence-corrected chi connectivity index (χ0v) is 20.4. The summed E-state index contributed by atoms with van der Waals surface area (Å²) in [4.78, 5) is 16.9. The van der Waals surface area contributed by atoms with Gasteiger partial charge in [-0.2, -0.15) is 15.1 Å². The topological polar surface area (TPSA) is 73.8 Å². The van der Waals surface area contributed by atoms with Crippen molar-refractivity contribution in [1.29, 1.82) is 5.41 Å². The molecule has 4 rings (SSSR count). The molecule has 0 unspecified atom stereocenters. The molecule has 1 N–H and O–H groups in total. The summed E-state index contributed by atoms with van der Waals surface area (Å²) in [6.45, 7) is 6.09. The zero-order chi connectivity index (χ0) is 23.0. The van der Waals surface area contributed by atoms with Crippen LogP contribution in [-0.2, 0) is 4.79 Å². The lowest BCUT2D eigenvalue weighted by molar-refractivity contribution is -0.114. The predicted octanol–water partition coefficient (Wildman–Crippen LogP) is 6.60. The van der Waals surface area contributed by atoms with E-state index < -0.39 is 5.91 Å². The summed E-state index contributed by atoms with van der Waals surface area (Å²) in [7, 11) is 0. The second-order valence-electron chi connectivity index (χ2n) is 7.73. The van der Waals surface area contributed by atoms with Gasteiger partial charge in [-0.25, -0.2) is 0 Å². The number of carbonyl (C=O) groups excluding carboxylic acids is 1. The van der Waals surface area contributed by atoms with E-state index >= 15 is 0 Å². The Balaban J connectivity index is 1.65. The molecule has 1 amide bonds. The molecule has 1 aromatic heterocycles. The summed E-state index contributed by atoms with van der Waals surface area (Å²) in [5.41, 5.74) is 3.83. The first-order chi connectivity index (χ1) is 15.3. The minimum Gasteiger partial charge on any atom is -0.318 e. The lowest BCUT2D eigenvalue weighted by Crippen LogP contribution is -2.35. The number of aromatic nitrogens is 1. The van der Waals surface area contributed by atoms with E-state index in [1.807, 2.05) is 30.5 Å². The zero-order valence-electron chi connectivity index (χ0n) is 18.1. The highest BCUT2D eigenvalue weighted by molar-refractivity contribution is 8.26. The molecule has 0 aliphatic carbocycles. The van der Waals surface area contributed by atoms with Crippen LogP contribution in [0.4, 0.5) is 0 Å². The largest absolute Gasteiger partial charge is 0.318 e. The number of benzene rings is 1. The first-order valence-corrected chi connectivity index (χ1v) is 12.0. The molecule has 0 spiro atoms. The summed E-state index contributed by atoms with van der Waals surface area (Å²) in [6, 6.07) is 7.43. The smallest absolute Gasteiger partial charge is 0.283 e. The van der Waals surface area contributed by atoms with Crippen molar-refractivity contribution < 1.29 is 4.79 Å². The van der Waals surface area contributed by atoms with Gasteiger partial charge in [0.2, 0.25) is 5.17 Å². The standard InChI is InChI=1S/C23H23Cl2N5OS/c1-4-5-6-7-20-28-30-21(26)17(22(31)27-23(30)32-20)11-15-10-13(2)29(14(15)3)16-8-9-18(24)19(25)12-16/h8-12,26H,4-7H2,1-3H3/b17-11-,26-21?. The van der Waals surface area contributed by atoms with Crippen molar-refractivity contribution in [1.82, 2.24) is 9.58 Å². The molecule has 1 aromatic carbocycles. The SMILES string of the molecule is CCCCCC1=NN2C(=N)/C(=C/c3cc(C)n(-c4ccc(Cl)c(Cl)c4)c3C)C(=O)N=C2S1. The molecule has 0 saturated carbocycles. The molecule has 0 fully saturated rings. The Kier molecular flexibility index (Phi) is 6.60. The third-order valence-corrected chi connectivity index (χ3v) is 7.13. The highest BCUT2D eigenvalue weighted by Gasteiger charge is 2.35. The summed E-state index contributed by atoms with van der Waals surface area (Å²) < 4.78 is 2.04. The van der Waals surface area contributed by atoms with Crippen molar-refractivity contribution in [2.24, 2.45) is 10.1 Å². The van der Waals surface area contributed by atoms with Crippen LogP contribution in [-0.4, -0.2) is 31.5 Å². The van der Waals surface area contributed by atoms with Gasteiger partial charge in [0.15, 0.2) is 5.84 Å². The molecule has 32 heavy (non-hydrogen) atoms. The first kappa shape index (κ1) is 22.8. The van der Waals surface area contributed by atoms with Gasteiger partial charge in [0.25, 0.3) is 5.91 Å². The maximum absolute atomic E-state index is 12.7. The van der Waals surface area contributed by atoms with Crippen LogP contribution < -0.4 is 0 Å². The van der Waals surface area contributed by atoms with E-state index in [1.165, 1.54) is 16.8 Å². The van der Waals surface area contributed by atoms with Crippen molar-refractivity contribution in [2.75, 3.05) is 0 Å². The summed E-state index contributed by atoms with van der Waals surface area (Å²) in [6.07, 6.45) is 5.84. The number of carbonyl (C=O) groups is 1. The van der Waals surface area contributed by atoms with Crippen LogP contribution in [0.5, 0.6) is 0 Å². The fourth-order valence-corrected chi connectivity index (χ4v) is 4.99. The monoisotopic (exact) mass is 487 g/mol. The Hall–Kier alpha value is -2.35. The van der Waals surface area contributed by atoms with Crippen LogP contribution in [0.25, 0.3) is 11.8 Å². The van der Waals surface area contributed by atoms with Crippen LogP contribution in [0.1, 0.15) is 49.6 Å². The van der Waals surface area contributed by atoms with E-state index in [9.17, 15) is 4.79 Å². The van der Waals surface area contributed by atoms with E-state index in [1.54, 1.807) is 18.2 Å². The fraction of sp³-hybridized carbons (Fsp3) is 0.304. The molecule has 2 aromatic rings. The van der Waals surface area contributed by atoms with Gasteiger partial charge in [0.1, 0.15) is 5.04 Å². The van der Waals surface area contributed by atoms with Gasteiger partial charge in [0.05, 0.1) is 15.6 Å². The Bertz CT molecular complexity index is 1210. The average molecular weight is 488 g/mol. The Morgan fingerprint density at radius 1 is 1.16 bits per heavy atom. The molecule has 6 nitrogen and oxygen atoms in total. The minimum atomic E-state index is -0.418. The van der Waals surface area contributed by atoms with Crippen LogP contribution in [0.3, 0.4) is 0 Å². The minimum absolute atomic E-state index is 0.0531. The van der Waals surface area contributed by atoms with Crippen LogP contribution in [0.15, 0.2) is 39.9 Å². The third kappa shape index (κ3) is 4.29. The Labute approximate surface area is 201 Å². The van der Waals surface area contributed by atoms with Crippen LogP contribution >= 0.6 is 35.0 Å². The van der Waals surface area contributed by atoms with Gasteiger partial charge in [0, 0.05) is 17.1 Å². The van der Waals surface area contributed by atoms with E-state index in [-0.39, 0.29) is 11.4 Å². The maximum Gasteiger partial charge on any atom is 0.283 e. The van der Waals surface area contributed by atoms with Gasteiger partial charge < -0.3 is 4.57 Å². The number of unbranched alkanes of at least 4 members (excludes halogenated alkanes) is 2. The van der Waals surface area contributed by atoms with Crippen molar-refractivity contribution >= 4 is 63.0 Å². The number of nitrogens with zero attached hydrogens (tertiary/aromatic N) is 4. The highest BCUT2D eigenvalue weighted by atomic mass is 35.5. The third-order valence-electron chi connectivity index (χ3n) is 5.42. The molecule has 2 aliphatic heterocycles. The maximum atomic E-state index is 12.7. The Morgan fingerprint density at radius 2 is 1.94 bits per heavy atom. The van der Waals surface area contributed by atoms with E-state index in [0.717, 1.165) is 53.4 Å². The number of aryl methyl sites for hydroxylation is 1. The number of fused-ring (bicyclic) bond motifs is 1. The summed E-state index contributed by atoms with van der Waals surface area (Å²) in [5, 5.41) is 16.9. The molecule has 3 heterocycles.